The van der Waals surface area contributed by atoms with E-state index < -0.39 is 21.2 Å². The molecule has 0 spiro atoms. The molecule has 11 nitrogen and oxygen atoms in total. The smallest absolute Gasteiger partial charge is 0.305 e. The molecule has 180 valence electrons. The summed E-state index contributed by atoms with van der Waals surface area (Å²) in [7, 11) is 0. The SMILES string of the molecule is CCN(CC)c1ccc(N=Nc2c(Cl)cc([N+](=O)[O-])cc2[N+](=O)[O-])c(NC(=O)c2ccccc2)c1. The molecule has 0 aliphatic carbocycles. The van der Waals surface area contributed by atoms with Crippen molar-refractivity contribution in [3.05, 3.63) is 91.5 Å². The van der Waals surface area contributed by atoms with Crippen molar-refractivity contribution >= 4 is 51.6 Å². The number of benzene rings is 3. The molecule has 1 N–H and O–H groups in total. The van der Waals surface area contributed by atoms with Gasteiger partial charge in [-0.25, -0.2) is 0 Å². The van der Waals surface area contributed by atoms with E-state index in [2.05, 4.69) is 20.4 Å². The molecule has 0 unspecified atom stereocenters. The van der Waals surface area contributed by atoms with Crippen molar-refractivity contribution < 1.29 is 14.6 Å². The van der Waals surface area contributed by atoms with Crippen molar-refractivity contribution in [1.82, 2.24) is 0 Å². The second-order valence-corrected chi connectivity index (χ2v) is 7.61. The average Bonchev–Trinajstić information content (AvgIpc) is 2.84. The van der Waals surface area contributed by atoms with Gasteiger partial charge >= 0.3 is 5.69 Å². The maximum absolute atomic E-state index is 12.8. The Kier molecular flexibility index (Phi) is 8.05. The zero-order chi connectivity index (χ0) is 25.5. The number of non-ortho nitro benzene ring substituents is 1. The fraction of sp³-hybridized carbons (Fsp3) is 0.174. The summed E-state index contributed by atoms with van der Waals surface area (Å²) in [6.45, 7) is 5.45. The first-order valence-electron chi connectivity index (χ1n) is 10.5. The highest BCUT2D eigenvalue weighted by atomic mass is 35.5. The molecular weight excluding hydrogens is 476 g/mol. The van der Waals surface area contributed by atoms with Gasteiger partial charge in [-0.2, -0.15) is 0 Å². The molecule has 0 bridgehead atoms. The van der Waals surface area contributed by atoms with Gasteiger partial charge in [0.05, 0.1) is 26.6 Å². The second-order valence-electron chi connectivity index (χ2n) is 7.20. The number of hydrogen-bond acceptors (Lipinski definition) is 8. The van der Waals surface area contributed by atoms with E-state index in [1.54, 1.807) is 48.5 Å². The maximum atomic E-state index is 12.8. The Bertz CT molecular complexity index is 1300. The summed E-state index contributed by atoms with van der Waals surface area (Å²) in [5.74, 6) is -0.377. The number of carbonyl (C=O) groups excluding carboxylic acids is 1. The molecule has 3 aromatic rings. The molecule has 0 radical (unpaired) electrons. The van der Waals surface area contributed by atoms with Gasteiger partial charge in [0.15, 0.2) is 5.69 Å². The highest BCUT2D eigenvalue weighted by molar-refractivity contribution is 6.33. The number of nitrogens with one attached hydrogen (secondary N) is 1. The highest BCUT2D eigenvalue weighted by Crippen LogP contribution is 2.40. The molecule has 0 aliphatic rings. The number of anilines is 2. The average molecular weight is 497 g/mol. The lowest BCUT2D eigenvalue weighted by molar-refractivity contribution is -0.393. The lowest BCUT2D eigenvalue weighted by atomic mass is 10.2. The Labute approximate surface area is 205 Å². The third-order valence-corrected chi connectivity index (χ3v) is 5.37. The van der Waals surface area contributed by atoms with Crippen molar-refractivity contribution in [1.29, 1.82) is 0 Å². The van der Waals surface area contributed by atoms with Gasteiger partial charge in [0, 0.05) is 30.4 Å². The number of rotatable bonds is 9. The first-order valence-corrected chi connectivity index (χ1v) is 10.9. The number of nitro benzene ring substituents is 2. The van der Waals surface area contributed by atoms with Gasteiger partial charge < -0.3 is 10.2 Å². The lowest BCUT2D eigenvalue weighted by Crippen LogP contribution is -2.22. The van der Waals surface area contributed by atoms with Crippen LogP contribution in [-0.4, -0.2) is 28.8 Å². The van der Waals surface area contributed by atoms with Crippen LogP contribution in [0.25, 0.3) is 0 Å². The molecule has 12 heteroatoms. The topological polar surface area (TPSA) is 143 Å². The Morgan fingerprint density at radius 3 is 2.26 bits per heavy atom. The van der Waals surface area contributed by atoms with E-state index in [9.17, 15) is 25.0 Å². The second kappa shape index (κ2) is 11.2. The molecule has 0 heterocycles. The summed E-state index contributed by atoms with van der Waals surface area (Å²) in [6.07, 6.45) is 0. The van der Waals surface area contributed by atoms with Gasteiger partial charge in [0.25, 0.3) is 11.6 Å². The normalized spacial score (nSPS) is 10.8. The van der Waals surface area contributed by atoms with Crippen LogP contribution in [0.5, 0.6) is 0 Å². The van der Waals surface area contributed by atoms with Crippen LogP contribution in [-0.2, 0) is 0 Å². The van der Waals surface area contributed by atoms with Gasteiger partial charge in [-0.15, -0.1) is 10.2 Å². The molecule has 0 saturated heterocycles. The van der Waals surface area contributed by atoms with E-state index in [1.165, 1.54) is 0 Å². The first-order chi connectivity index (χ1) is 16.7. The number of nitro groups is 2. The maximum Gasteiger partial charge on any atom is 0.305 e. The number of nitrogens with zero attached hydrogens (tertiary/aromatic N) is 5. The predicted octanol–water partition coefficient (Wildman–Crippen LogP) is 6.67. The minimum atomic E-state index is -0.825. The van der Waals surface area contributed by atoms with Crippen LogP contribution in [0.3, 0.4) is 0 Å². The summed E-state index contributed by atoms with van der Waals surface area (Å²) in [6, 6.07) is 15.4. The minimum absolute atomic E-state index is 0.217. The molecule has 0 aliphatic heterocycles. The molecule has 35 heavy (non-hydrogen) atoms. The summed E-state index contributed by atoms with van der Waals surface area (Å²) >= 11 is 6.06. The molecule has 0 fully saturated rings. The minimum Gasteiger partial charge on any atom is -0.372 e. The number of carbonyl (C=O) groups is 1. The predicted molar refractivity (Wildman–Crippen MR) is 133 cm³/mol. The zero-order valence-corrected chi connectivity index (χ0v) is 19.6. The van der Waals surface area contributed by atoms with Crippen LogP contribution >= 0.6 is 11.6 Å². The van der Waals surface area contributed by atoms with Crippen LogP contribution in [0.4, 0.5) is 34.1 Å². The van der Waals surface area contributed by atoms with Crippen molar-refractivity contribution in [2.24, 2.45) is 10.2 Å². The monoisotopic (exact) mass is 496 g/mol. The Morgan fingerprint density at radius 1 is 0.971 bits per heavy atom. The molecule has 0 saturated carbocycles. The van der Waals surface area contributed by atoms with Crippen LogP contribution in [0.2, 0.25) is 5.02 Å². The highest BCUT2D eigenvalue weighted by Gasteiger charge is 2.24. The third kappa shape index (κ3) is 5.95. The van der Waals surface area contributed by atoms with Crippen molar-refractivity contribution in [2.45, 2.75) is 13.8 Å². The van der Waals surface area contributed by atoms with Crippen LogP contribution in [0.15, 0.2) is 70.9 Å². The van der Waals surface area contributed by atoms with E-state index in [0.29, 0.717) is 11.3 Å². The van der Waals surface area contributed by atoms with Gasteiger partial charge in [0.1, 0.15) is 5.69 Å². The standard InChI is InChI=1S/C23H21ClN6O5/c1-3-28(4-2)16-10-11-19(20(13-16)25-23(31)15-8-6-5-7-9-15)26-27-22-18(24)12-17(29(32)33)14-21(22)30(34)35/h5-14H,3-4H2,1-2H3,(H,25,31). The Balaban J connectivity index is 2.06. The van der Waals surface area contributed by atoms with Crippen LogP contribution in [0.1, 0.15) is 24.2 Å². The molecule has 0 aromatic heterocycles. The fourth-order valence-electron chi connectivity index (χ4n) is 3.30. The number of hydrogen-bond donors (Lipinski definition) is 1. The number of azo groups is 1. The van der Waals surface area contributed by atoms with Crippen molar-refractivity contribution in [2.75, 3.05) is 23.3 Å². The quantitative estimate of drug-likeness (QED) is 0.199. The zero-order valence-electron chi connectivity index (χ0n) is 18.8. The summed E-state index contributed by atoms with van der Waals surface area (Å²) in [5, 5.41) is 33.0. The van der Waals surface area contributed by atoms with Gasteiger partial charge in [-0.05, 0) is 44.2 Å². The van der Waals surface area contributed by atoms with E-state index in [1.807, 2.05) is 13.8 Å². The van der Waals surface area contributed by atoms with Crippen molar-refractivity contribution in [3.63, 3.8) is 0 Å². The fourth-order valence-corrected chi connectivity index (χ4v) is 3.55. The molecule has 3 rings (SSSR count). The number of halogens is 1. The van der Waals surface area contributed by atoms with E-state index in [0.717, 1.165) is 30.9 Å². The van der Waals surface area contributed by atoms with Gasteiger partial charge in [-0.1, -0.05) is 29.8 Å². The van der Waals surface area contributed by atoms with Crippen LogP contribution in [0, 0.1) is 20.2 Å². The number of amides is 1. The van der Waals surface area contributed by atoms with Gasteiger partial charge in [-0.3, -0.25) is 25.0 Å². The van der Waals surface area contributed by atoms with Crippen molar-refractivity contribution in [3.8, 4) is 0 Å². The van der Waals surface area contributed by atoms with Crippen LogP contribution < -0.4 is 10.2 Å². The molecule has 3 aromatic carbocycles. The molecular formula is C23H21ClN6O5. The third-order valence-electron chi connectivity index (χ3n) is 5.09. The van der Waals surface area contributed by atoms with E-state index in [4.69, 9.17) is 11.6 Å². The Hall–Kier alpha value is -4.38. The first kappa shape index (κ1) is 25.2. The summed E-state index contributed by atoms with van der Waals surface area (Å²) in [5.41, 5.74) is 0.258. The van der Waals surface area contributed by atoms with E-state index >= 15 is 0 Å². The molecule has 1 amide bonds. The molecule has 0 atom stereocenters. The van der Waals surface area contributed by atoms with Gasteiger partial charge in [0.2, 0.25) is 0 Å². The summed E-state index contributed by atoms with van der Waals surface area (Å²) < 4.78 is 0. The lowest BCUT2D eigenvalue weighted by Gasteiger charge is -2.22. The largest absolute Gasteiger partial charge is 0.372 e. The van der Waals surface area contributed by atoms with E-state index in [-0.39, 0.29) is 22.3 Å². The summed E-state index contributed by atoms with van der Waals surface area (Å²) in [4.78, 5) is 35.8. The Morgan fingerprint density at radius 2 is 1.66 bits per heavy atom.